The van der Waals surface area contributed by atoms with Gasteiger partial charge in [0.15, 0.2) is 0 Å². The Labute approximate surface area is 107 Å². The first-order valence-electron chi connectivity index (χ1n) is 6.31. The van der Waals surface area contributed by atoms with Crippen LogP contribution in [0.15, 0.2) is 18.2 Å². The van der Waals surface area contributed by atoms with Gasteiger partial charge in [-0.05, 0) is 37.8 Å². The van der Waals surface area contributed by atoms with Crippen LogP contribution in [0.4, 0.5) is 0 Å². The van der Waals surface area contributed by atoms with Crippen LogP contribution in [0.2, 0.25) is 0 Å². The van der Waals surface area contributed by atoms with Crippen molar-refractivity contribution in [1.29, 1.82) is 0 Å². The molecule has 1 aliphatic rings. The summed E-state index contributed by atoms with van der Waals surface area (Å²) in [4.78, 5) is 10.8. The summed E-state index contributed by atoms with van der Waals surface area (Å²) in [6.07, 6.45) is 3.96. The van der Waals surface area contributed by atoms with Crippen molar-refractivity contribution >= 4 is 5.97 Å². The second-order valence-electron chi connectivity index (χ2n) is 4.93. The maximum absolute atomic E-state index is 10.8. The SMILES string of the molecule is Cc1ccc(OC2CCC2)c(CC(N)C(=O)O)c1. The molecule has 4 heteroatoms. The Kier molecular flexibility index (Phi) is 3.87. The summed E-state index contributed by atoms with van der Waals surface area (Å²) >= 11 is 0. The van der Waals surface area contributed by atoms with Crippen molar-refractivity contribution in [1.82, 2.24) is 0 Å². The number of aryl methyl sites for hydroxylation is 1. The summed E-state index contributed by atoms with van der Waals surface area (Å²) in [5.41, 5.74) is 7.56. The minimum absolute atomic E-state index is 0.285. The average Bonchev–Trinajstić information content (AvgIpc) is 2.25. The third-order valence-corrected chi connectivity index (χ3v) is 3.32. The van der Waals surface area contributed by atoms with Crippen LogP contribution in [0, 0.1) is 6.92 Å². The molecule has 18 heavy (non-hydrogen) atoms. The third-order valence-electron chi connectivity index (χ3n) is 3.32. The molecule has 1 unspecified atom stereocenters. The number of benzene rings is 1. The zero-order valence-electron chi connectivity index (χ0n) is 10.6. The lowest BCUT2D eigenvalue weighted by atomic mass is 9.95. The predicted molar refractivity (Wildman–Crippen MR) is 68.8 cm³/mol. The van der Waals surface area contributed by atoms with Gasteiger partial charge >= 0.3 is 5.97 Å². The van der Waals surface area contributed by atoms with Crippen LogP contribution < -0.4 is 10.5 Å². The summed E-state index contributed by atoms with van der Waals surface area (Å²) in [6.45, 7) is 1.98. The van der Waals surface area contributed by atoms with E-state index in [4.69, 9.17) is 15.6 Å². The smallest absolute Gasteiger partial charge is 0.320 e. The topological polar surface area (TPSA) is 72.5 Å². The van der Waals surface area contributed by atoms with Gasteiger partial charge in [-0.1, -0.05) is 17.7 Å². The first kappa shape index (κ1) is 12.9. The van der Waals surface area contributed by atoms with Crippen LogP contribution in [0.3, 0.4) is 0 Å². The zero-order valence-corrected chi connectivity index (χ0v) is 10.6. The number of ether oxygens (including phenoxy) is 1. The second-order valence-corrected chi connectivity index (χ2v) is 4.93. The number of carboxylic acids is 1. The molecule has 0 saturated heterocycles. The molecule has 1 aliphatic carbocycles. The highest BCUT2D eigenvalue weighted by Gasteiger charge is 2.21. The van der Waals surface area contributed by atoms with Gasteiger partial charge in [0.1, 0.15) is 11.8 Å². The molecule has 1 saturated carbocycles. The van der Waals surface area contributed by atoms with Gasteiger partial charge in [0.2, 0.25) is 0 Å². The molecule has 1 aromatic carbocycles. The number of carbonyl (C=O) groups is 1. The van der Waals surface area contributed by atoms with Gasteiger partial charge in [0, 0.05) is 6.42 Å². The molecule has 0 amide bonds. The normalized spacial score (nSPS) is 17.0. The van der Waals surface area contributed by atoms with E-state index in [1.54, 1.807) is 0 Å². The van der Waals surface area contributed by atoms with Crippen LogP contribution in [0.1, 0.15) is 30.4 Å². The molecule has 98 valence electrons. The van der Waals surface area contributed by atoms with Gasteiger partial charge in [-0.3, -0.25) is 4.79 Å². The van der Waals surface area contributed by atoms with E-state index in [0.29, 0.717) is 6.42 Å². The van der Waals surface area contributed by atoms with Crippen molar-refractivity contribution in [3.8, 4) is 5.75 Å². The Balaban J connectivity index is 2.14. The van der Waals surface area contributed by atoms with Gasteiger partial charge in [0.05, 0.1) is 6.10 Å². The Hall–Kier alpha value is -1.55. The molecule has 0 spiro atoms. The van der Waals surface area contributed by atoms with E-state index in [9.17, 15) is 4.79 Å². The number of aliphatic carboxylic acids is 1. The van der Waals surface area contributed by atoms with E-state index < -0.39 is 12.0 Å². The number of rotatable bonds is 5. The minimum Gasteiger partial charge on any atom is -0.490 e. The third kappa shape index (κ3) is 3.01. The zero-order chi connectivity index (χ0) is 13.1. The number of hydrogen-bond acceptors (Lipinski definition) is 3. The molecule has 1 fully saturated rings. The standard InChI is InChI=1S/C14H19NO3/c1-9-5-6-13(18-11-3-2-4-11)10(7-9)8-12(15)14(16)17/h5-7,11-12H,2-4,8,15H2,1H3,(H,16,17). The van der Waals surface area contributed by atoms with E-state index in [0.717, 1.165) is 29.7 Å². The number of hydrogen-bond donors (Lipinski definition) is 2. The monoisotopic (exact) mass is 249 g/mol. The van der Waals surface area contributed by atoms with Gasteiger partial charge < -0.3 is 15.6 Å². The van der Waals surface area contributed by atoms with Crippen molar-refractivity contribution in [2.75, 3.05) is 0 Å². The van der Waals surface area contributed by atoms with Crippen molar-refractivity contribution in [2.24, 2.45) is 5.73 Å². The molecule has 0 heterocycles. The van der Waals surface area contributed by atoms with Gasteiger partial charge in [0.25, 0.3) is 0 Å². The van der Waals surface area contributed by atoms with E-state index in [-0.39, 0.29) is 6.10 Å². The Morgan fingerprint density at radius 1 is 1.56 bits per heavy atom. The Morgan fingerprint density at radius 2 is 2.28 bits per heavy atom. The lowest BCUT2D eigenvalue weighted by molar-refractivity contribution is -0.138. The summed E-state index contributed by atoms with van der Waals surface area (Å²) in [5.74, 6) is -0.201. The molecule has 2 rings (SSSR count). The second kappa shape index (κ2) is 5.40. The molecule has 3 N–H and O–H groups in total. The summed E-state index contributed by atoms with van der Waals surface area (Å²) < 4.78 is 5.87. The quantitative estimate of drug-likeness (QED) is 0.835. The fourth-order valence-electron chi connectivity index (χ4n) is 1.98. The molecule has 0 aromatic heterocycles. The van der Waals surface area contributed by atoms with Crippen LogP contribution in [0.5, 0.6) is 5.75 Å². The van der Waals surface area contributed by atoms with E-state index in [1.807, 2.05) is 25.1 Å². The van der Waals surface area contributed by atoms with Crippen molar-refractivity contribution < 1.29 is 14.6 Å². The largest absolute Gasteiger partial charge is 0.490 e. The summed E-state index contributed by atoms with van der Waals surface area (Å²) in [5, 5.41) is 8.88. The summed E-state index contributed by atoms with van der Waals surface area (Å²) in [7, 11) is 0. The van der Waals surface area contributed by atoms with Gasteiger partial charge in [-0.25, -0.2) is 0 Å². The van der Waals surface area contributed by atoms with Crippen LogP contribution in [0.25, 0.3) is 0 Å². The van der Waals surface area contributed by atoms with Gasteiger partial charge in [-0.15, -0.1) is 0 Å². The molecule has 1 atom stereocenters. The fraction of sp³-hybridized carbons (Fsp3) is 0.500. The van der Waals surface area contributed by atoms with E-state index >= 15 is 0 Å². The molecule has 0 radical (unpaired) electrons. The highest BCUT2D eigenvalue weighted by atomic mass is 16.5. The molecule has 4 nitrogen and oxygen atoms in total. The van der Waals surface area contributed by atoms with E-state index in [1.165, 1.54) is 6.42 Å². The fourth-order valence-corrected chi connectivity index (χ4v) is 1.98. The van der Waals surface area contributed by atoms with Crippen LogP contribution in [-0.2, 0) is 11.2 Å². The molecule has 0 aliphatic heterocycles. The van der Waals surface area contributed by atoms with Crippen molar-refractivity contribution in [3.05, 3.63) is 29.3 Å². The minimum atomic E-state index is -0.980. The summed E-state index contributed by atoms with van der Waals surface area (Å²) in [6, 6.07) is 4.97. The first-order valence-corrected chi connectivity index (χ1v) is 6.31. The number of carboxylic acid groups (broad SMARTS) is 1. The molecule has 0 bridgehead atoms. The highest BCUT2D eigenvalue weighted by molar-refractivity contribution is 5.73. The Morgan fingerprint density at radius 3 is 2.83 bits per heavy atom. The lowest BCUT2D eigenvalue weighted by Gasteiger charge is -2.27. The first-order chi connectivity index (χ1) is 8.56. The number of nitrogens with two attached hydrogens (primary N) is 1. The predicted octanol–water partition coefficient (Wildman–Crippen LogP) is 1.88. The lowest BCUT2D eigenvalue weighted by Crippen LogP contribution is -2.33. The van der Waals surface area contributed by atoms with Crippen LogP contribution in [-0.4, -0.2) is 23.2 Å². The van der Waals surface area contributed by atoms with Crippen molar-refractivity contribution in [3.63, 3.8) is 0 Å². The van der Waals surface area contributed by atoms with Gasteiger partial charge in [-0.2, -0.15) is 0 Å². The van der Waals surface area contributed by atoms with Crippen LogP contribution >= 0.6 is 0 Å². The Bertz CT molecular complexity index is 441. The molecule has 1 aromatic rings. The highest BCUT2D eigenvalue weighted by Crippen LogP contribution is 2.28. The molecular weight excluding hydrogens is 230 g/mol. The maximum atomic E-state index is 10.8. The average molecular weight is 249 g/mol. The molecular formula is C14H19NO3. The van der Waals surface area contributed by atoms with E-state index in [2.05, 4.69) is 0 Å². The maximum Gasteiger partial charge on any atom is 0.320 e. The van der Waals surface area contributed by atoms with Crippen molar-refractivity contribution in [2.45, 2.75) is 44.8 Å².